The predicted molar refractivity (Wildman–Crippen MR) is 58.2 cm³/mol. The molecule has 0 amide bonds. The number of benzene rings is 1. The molecule has 0 bridgehead atoms. The second kappa shape index (κ2) is 3.90. The number of nitrogens with zero attached hydrogens (tertiary/aromatic N) is 1. The topological polar surface area (TPSA) is 33.1 Å². The Morgan fingerprint density at radius 3 is 2.57 bits per heavy atom. The van der Waals surface area contributed by atoms with E-state index in [4.69, 9.17) is 0 Å². The molecule has 2 aromatic rings. The predicted octanol–water partition coefficient (Wildman–Crippen LogP) is 2.86. The van der Waals surface area contributed by atoms with Crippen molar-refractivity contribution in [3.63, 3.8) is 0 Å². The molecule has 72 valence electrons. The summed E-state index contributed by atoms with van der Waals surface area (Å²) in [6.45, 7) is 1.73. The summed E-state index contributed by atoms with van der Waals surface area (Å²) >= 11 is 1.49. The largest absolute Gasteiger partial charge is 0.386 e. The summed E-state index contributed by atoms with van der Waals surface area (Å²) in [6.07, 6.45) is -0.475. The first-order valence-corrected chi connectivity index (χ1v) is 5.34. The van der Waals surface area contributed by atoms with Gasteiger partial charge in [0, 0.05) is 10.9 Å². The van der Waals surface area contributed by atoms with Crippen molar-refractivity contribution in [2.24, 2.45) is 0 Å². The normalized spacial score (nSPS) is 12.7. The lowest BCUT2D eigenvalue weighted by Crippen LogP contribution is -1.88. The van der Waals surface area contributed by atoms with Gasteiger partial charge in [0.2, 0.25) is 0 Å². The molecule has 0 fully saturated rings. The molecule has 3 heteroatoms. The SMILES string of the molecule is CC(O)c1nc(-c2ccccc2)cs1. The van der Waals surface area contributed by atoms with Gasteiger partial charge in [0.25, 0.3) is 0 Å². The van der Waals surface area contributed by atoms with Gasteiger partial charge in [-0.05, 0) is 6.92 Å². The Morgan fingerprint density at radius 2 is 2.00 bits per heavy atom. The third-order valence-corrected chi connectivity index (χ3v) is 2.96. The van der Waals surface area contributed by atoms with Gasteiger partial charge in [-0.15, -0.1) is 11.3 Å². The van der Waals surface area contributed by atoms with Gasteiger partial charge in [-0.25, -0.2) is 4.98 Å². The van der Waals surface area contributed by atoms with Crippen LogP contribution in [0.3, 0.4) is 0 Å². The van der Waals surface area contributed by atoms with Crippen LogP contribution in [0.2, 0.25) is 0 Å². The van der Waals surface area contributed by atoms with E-state index in [1.807, 2.05) is 35.7 Å². The highest BCUT2D eigenvalue weighted by Crippen LogP contribution is 2.24. The summed E-state index contributed by atoms with van der Waals surface area (Å²) in [5.74, 6) is 0. The van der Waals surface area contributed by atoms with Crippen LogP contribution in [0.4, 0.5) is 0 Å². The minimum absolute atomic E-state index is 0.475. The highest BCUT2D eigenvalue weighted by Gasteiger charge is 2.07. The summed E-state index contributed by atoms with van der Waals surface area (Å²) in [7, 11) is 0. The lowest BCUT2D eigenvalue weighted by atomic mass is 10.2. The third-order valence-electron chi connectivity index (χ3n) is 1.95. The highest BCUT2D eigenvalue weighted by molar-refractivity contribution is 7.10. The molecular weight excluding hydrogens is 194 g/mol. The Bertz CT molecular complexity index is 408. The quantitative estimate of drug-likeness (QED) is 0.817. The number of aliphatic hydroxyl groups is 1. The summed E-state index contributed by atoms with van der Waals surface area (Å²) in [5.41, 5.74) is 2.03. The van der Waals surface area contributed by atoms with Gasteiger partial charge in [-0.3, -0.25) is 0 Å². The lowest BCUT2D eigenvalue weighted by molar-refractivity contribution is 0.199. The van der Waals surface area contributed by atoms with E-state index >= 15 is 0 Å². The molecule has 0 aliphatic carbocycles. The number of aromatic nitrogens is 1. The van der Waals surface area contributed by atoms with Gasteiger partial charge in [0.1, 0.15) is 11.1 Å². The summed E-state index contributed by atoms with van der Waals surface area (Å²) in [5, 5.41) is 12.1. The van der Waals surface area contributed by atoms with Crippen molar-refractivity contribution in [2.45, 2.75) is 13.0 Å². The molecule has 1 unspecified atom stereocenters. The minimum atomic E-state index is -0.475. The number of aliphatic hydroxyl groups excluding tert-OH is 1. The Kier molecular flexibility index (Phi) is 2.61. The maximum atomic E-state index is 9.33. The zero-order valence-corrected chi connectivity index (χ0v) is 8.66. The van der Waals surface area contributed by atoms with Crippen LogP contribution in [0.1, 0.15) is 18.0 Å². The zero-order valence-electron chi connectivity index (χ0n) is 7.84. The smallest absolute Gasteiger partial charge is 0.122 e. The number of rotatable bonds is 2. The van der Waals surface area contributed by atoms with Crippen molar-refractivity contribution in [3.05, 3.63) is 40.7 Å². The fraction of sp³-hybridized carbons (Fsp3) is 0.182. The van der Waals surface area contributed by atoms with E-state index in [2.05, 4.69) is 4.98 Å². The van der Waals surface area contributed by atoms with Crippen LogP contribution in [-0.2, 0) is 0 Å². The van der Waals surface area contributed by atoms with Gasteiger partial charge < -0.3 is 5.11 Å². The van der Waals surface area contributed by atoms with Gasteiger partial charge in [-0.2, -0.15) is 0 Å². The Hall–Kier alpha value is -1.19. The molecule has 0 aliphatic heterocycles. The van der Waals surface area contributed by atoms with Gasteiger partial charge >= 0.3 is 0 Å². The highest BCUT2D eigenvalue weighted by atomic mass is 32.1. The minimum Gasteiger partial charge on any atom is -0.386 e. The van der Waals surface area contributed by atoms with Crippen LogP contribution in [-0.4, -0.2) is 10.1 Å². The van der Waals surface area contributed by atoms with Gasteiger partial charge in [-0.1, -0.05) is 30.3 Å². The molecule has 1 heterocycles. The maximum absolute atomic E-state index is 9.33. The molecule has 1 atom stereocenters. The molecule has 0 radical (unpaired) electrons. The molecule has 14 heavy (non-hydrogen) atoms. The molecular formula is C11H11NOS. The fourth-order valence-electron chi connectivity index (χ4n) is 1.22. The van der Waals surface area contributed by atoms with Crippen LogP contribution >= 0.6 is 11.3 Å². The molecule has 0 saturated carbocycles. The second-order valence-corrected chi connectivity index (χ2v) is 4.00. The van der Waals surface area contributed by atoms with Crippen LogP contribution < -0.4 is 0 Å². The van der Waals surface area contributed by atoms with Crippen molar-refractivity contribution < 1.29 is 5.11 Å². The number of hydrogen-bond donors (Lipinski definition) is 1. The number of hydrogen-bond acceptors (Lipinski definition) is 3. The van der Waals surface area contributed by atoms with E-state index in [1.165, 1.54) is 11.3 Å². The van der Waals surface area contributed by atoms with Gasteiger partial charge in [0.15, 0.2) is 0 Å². The molecule has 2 rings (SSSR count). The van der Waals surface area contributed by atoms with E-state index in [9.17, 15) is 5.11 Å². The molecule has 0 saturated heterocycles. The van der Waals surface area contributed by atoms with Gasteiger partial charge in [0.05, 0.1) is 5.69 Å². The van der Waals surface area contributed by atoms with E-state index in [1.54, 1.807) is 6.92 Å². The summed E-state index contributed by atoms with van der Waals surface area (Å²) in [6, 6.07) is 9.97. The van der Waals surface area contributed by atoms with Crippen molar-refractivity contribution in [2.75, 3.05) is 0 Å². The lowest BCUT2D eigenvalue weighted by Gasteiger charge is -1.97. The van der Waals surface area contributed by atoms with Crippen molar-refractivity contribution in [1.29, 1.82) is 0 Å². The third kappa shape index (κ3) is 1.84. The average molecular weight is 205 g/mol. The van der Waals surface area contributed by atoms with Crippen LogP contribution in [0, 0.1) is 0 Å². The standard InChI is InChI=1S/C11H11NOS/c1-8(13)11-12-10(7-14-11)9-5-3-2-4-6-9/h2-8,13H,1H3. The zero-order chi connectivity index (χ0) is 9.97. The second-order valence-electron chi connectivity index (χ2n) is 3.11. The van der Waals surface area contributed by atoms with E-state index in [-0.39, 0.29) is 0 Å². The van der Waals surface area contributed by atoms with E-state index < -0.39 is 6.10 Å². The first kappa shape index (κ1) is 9.37. The number of thiazole rings is 1. The summed E-state index contributed by atoms with van der Waals surface area (Å²) in [4.78, 5) is 4.35. The fourth-order valence-corrected chi connectivity index (χ4v) is 1.99. The van der Waals surface area contributed by atoms with Crippen molar-refractivity contribution in [3.8, 4) is 11.3 Å². The van der Waals surface area contributed by atoms with Crippen LogP contribution in [0.5, 0.6) is 0 Å². The van der Waals surface area contributed by atoms with Crippen molar-refractivity contribution in [1.82, 2.24) is 4.98 Å². The van der Waals surface area contributed by atoms with E-state index in [0.717, 1.165) is 16.3 Å². The molecule has 1 N–H and O–H groups in total. The van der Waals surface area contributed by atoms with Crippen LogP contribution in [0.25, 0.3) is 11.3 Å². The molecule has 1 aromatic carbocycles. The first-order chi connectivity index (χ1) is 6.77. The Balaban J connectivity index is 2.34. The maximum Gasteiger partial charge on any atom is 0.122 e. The monoisotopic (exact) mass is 205 g/mol. The van der Waals surface area contributed by atoms with Crippen LogP contribution in [0.15, 0.2) is 35.7 Å². The molecule has 2 nitrogen and oxygen atoms in total. The molecule has 0 spiro atoms. The Morgan fingerprint density at radius 1 is 1.29 bits per heavy atom. The van der Waals surface area contributed by atoms with E-state index in [0.29, 0.717) is 0 Å². The molecule has 1 aromatic heterocycles. The molecule has 0 aliphatic rings. The first-order valence-electron chi connectivity index (χ1n) is 4.46. The Labute approximate surface area is 86.9 Å². The van der Waals surface area contributed by atoms with Crippen molar-refractivity contribution >= 4 is 11.3 Å². The summed E-state index contributed by atoms with van der Waals surface area (Å²) < 4.78 is 0. The average Bonchev–Trinajstić information content (AvgIpc) is 2.68.